The largest absolute Gasteiger partial charge is 0.397 e. The Labute approximate surface area is 106 Å². The lowest BCUT2D eigenvalue weighted by Crippen LogP contribution is -2.10. The van der Waals surface area contributed by atoms with E-state index in [2.05, 4.69) is 0 Å². The monoisotopic (exact) mass is 240 g/mol. The van der Waals surface area contributed by atoms with Crippen LogP contribution in [-0.2, 0) is 0 Å². The molecule has 8 N–H and O–H groups in total. The van der Waals surface area contributed by atoms with Gasteiger partial charge in [-0.15, -0.1) is 0 Å². The minimum absolute atomic E-state index is 0.436. The summed E-state index contributed by atoms with van der Waals surface area (Å²) >= 11 is 0. The first-order chi connectivity index (χ1) is 8.61. The molecule has 0 fully saturated rings. The van der Waals surface area contributed by atoms with E-state index in [9.17, 15) is 0 Å². The molecule has 0 radical (unpaired) electrons. The summed E-state index contributed by atoms with van der Waals surface area (Å²) in [5, 5.41) is 0. The Bertz CT molecular complexity index is 588. The average Bonchev–Trinajstić information content (AvgIpc) is 2.41. The lowest BCUT2D eigenvalue weighted by molar-refractivity contribution is 1.45. The van der Waals surface area contributed by atoms with E-state index in [0.29, 0.717) is 28.3 Å². The van der Waals surface area contributed by atoms with Gasteiger partial charge in [0.05, 0.1) is 22.8 Å². The van der Waals surface area contributed by atoms with Crippen LogP contribution in [0.5, 0.6) is 0 Å². The van der Waals surface area contributed by atoms with Gasteiger partial charge in [-0.2, -0.15) is 0 Å². The molecule has 2 aromatic carbocycles. The molecule has 0 spiro atoms. The smallest absolute Gasteiger partial charge is 0.0649 e. The molecule has 0 saturated carbocycles. The van der Waals surface area contributed by atoms with E-state index in [4.69, 9.17) is 22.9 Å². The molecule has 0 aliphatic heterocycles. The lowest BCUT2D eigenvalue weighted by Gasteiger charge is -2.11. The van der Waals surface area contributed by atoms with Crippen LogP contribution in [0.2, 0.25) is 0 Å². The van der Waals surface area contributed by atoms with Crippen LogP contribution >= 0.6 is 0 Å². The number of nitrogen functional groups attached to an aromatic ring is 2. The van der Waals surface area contributed by atoms with E-state index in [1.165, 1.54) is 0 Å². The van der Waals surface area contributed by atoms with Crippen molar-refractivity contribution in [1.82, 2.24) is 0 Å². The van der Waals surface area contributed by atoms with Crippen molar-refractivity contribution in [2.75, 3.05) is 11.5 Å². The Kier molecular flexibility index (Phi) is 3.10. The van der Waals surface area contributed by atoms with E-state index in [1.807, 2.05) is 30.3 Å². The highest BCUT2D eigenvalue weighted by Gasteiger charge is 2.09. The van der Waals surface area contributed by atoms with Crippen LogP contribution in [0.1, 0.15) is 11.1 Å². The number of nitrogens with two attached hydrogens (primary N) is 4. The summed E-state index contributed by atoms with van der Waals surface area (Å²) in [6.45, 7) is 0. The molecule has 4 heteroatoms. The van der Waals surface area contributed by atoms with Gasteiger partial charge in [-0.3, -0.25) is 0 Å². The van der Waals surface area contributed by atoms with Gasteiger partial charge in [0.15, 0.2) is 0 Å². The number of rotatable bonds is 2. The maximum atomic E-state index is 6.06. The number of para-hydroxylation sites is 1. The number of benzene rings is 2. The number of anilines is 2. The molecule has 18 heavy (non-hydrogen) atoms. The molecule has 2 aromatic rings. The Balaban J connectivity index is 2.54. The summed E-state index contributed by atoms with van der Waals surface area (Å²) in [4.78, 5) is 0. The molecule has 0 atom stereocenters. The van der Waals surface area contributed by atoms with Crippen molar-refractivity contribution in [2.45, 2.75) is 0 Å². The second-order valence-electron chi connectivity index (χ2n) is 4.00. The van der Waals surface area contributed by atoms with Gasteiger partial charge in [-0.05, 0) is 11.6 Å². The van der Waals surface area contributed by atoms with E-state index < -0.39 is 0 Å². The normalized spacial score (nSPS) is 12.0. The van der Waals surface area contributed by atoms with Gasteiger partial charge in [0.2, 0.25) is 0 Å². The SMILES string of the molecule is NC(=C(N)c1cccc(N)c1N)c1ccccc1. The van der Waals surface area contributed by atoms with Crippen LogP contribution in [0.4, 0.5) is 11.4 Å². The third-order valence-electron chi connectivity index (χ3n) is 2.80. The van der Waals surface area contributed by atoms with Gasteiger partial charge >= 0.3 is 0 Å². The second kappa shape index (κ2) is 4.71. The molecule has 0 heterocycles. The summed E-state index contributed by atoms with van der Waals surface area (Å²) < 4.78 is 0. The van der Waals surface area contributed by atoms with Gasteiger partial charge < -0.3 is 22.9 Å². The highest BCUT2D eigenvalue weighted by Crippen LogP contribution is 2.26. The van der Waals surface area contributed by atoms with Crippen LogP contribution in [-0.4, -0.2) is 0 Å². The summed E-state index contributed by atoms with van der Waals surface area (Å²) in [5.74, 6) is 0. The van der Waals surface area contributed by atoms with Gasteiger partial charge in [0.25, 0.3) is 0 Å². The first-order valence-corrected chi connectivity index (χ1v) is 5.56. The van der Waals surface area contributed by atoms with Crippen molar-refractivity contribution in [3.8, 4) is 0 Å². The third-order valence-corrected chi connectivity index (χ3v) is 2.80. The summed E-state index contributed by atoms with van der Waals surface area (Å²) in [6.07, 6.45) is 0. The zero-order valence-corrected chi connectivity index (χ0v) is 9.93. The molecule has 0 aliphatic carbocycles. The highest BCUT2D eigenvalue weighted by atomic mass is 14.7. The van der Waals surface area contributed by atoms with Crippen LogP contribution < -0.4 is 22.9 Å². The lowest BCUT2D eigenvalue weighted by atomic mass is 10.0. The predicted octanol–water partition coefficient (Wildman–Crippen LogP) is 1.59. The molecule has 0 saturated heterocycles. The van der Waals surface area contributed by atoms with Gasteiger partial charge in [-0.1, -0.05) is 42.5 Å². The van der Waals surface area contributed by atoms with Gasteiger partial charge in [0.1, 0.15) is 0 Å². The fourth-order valence-electron chi connectivity index (χ4n) is 1.74. The topological polar surface area (TPSA) is 104 Å². The van der Waals surface area contributed by atoms with E-state index >= 15 is 0 Å². The molecule has 0 aromatic heterocycles. The fraction of sp³-hybridized carbons (Fsp3) is 0. The first-order valence-electron chi connectivity index (χ1n) is 5.56. The quantitative estimate of drug-likeness (QED) is 0.472. The molecule has 0 aliphatic rings. The zero-order valence-electron chi connectivity index (χ0n) is 9.93. The molecular weight excluding hydrogens is 224 g/mol. The number of hydrogen-bond acceptors (Lipinski definition) is 4. The van der Waals surface area contributed by atoms with E-state index in [1.54, 1.807) is 18.2 Å². The molecule has 0 bridgehead atoms. The van der Waals surface area contributed by atoms with Crippen LogP contribution in [0.25, 0.3) is 11.4 Å². The molecule has 0 unspecified atom stereocenters. The molecular formula is C14H16N4. The third kappa shape index (κ3) is 2.08. The van der Waals surface area contributed by atoms with Gasteiger partial charge in [-0.25, -0.2) is 0 Å². The Morgan fingerprint density at radius 3 is 2.06 bits per heavy atom. The highest BCUT2D eigenvalue weighted by molar-refractivity contribution is 5.93. The van der Waals surface area contributed by atoms with Crippen molar-refractivity contribution in [1.29, 1.82) is 0 Å². The zero-order chi connectivity index (χ0) is 13.1. The molecule has 4 nitrogen and oxygen atoms in total. The summed E-state index contributed by atoms with van der Waals surface area (Å²) in [6, 6.07) is 14.8. The van der Waals surface area contributed by atoms with Crippen molar-refractivity contribution < 1.29 is 0 Å². The van der Waals surface area contributed by atoms with E-state index in [0.717, 1.165) is 5.56 Å². The average molecular weight is 240 g/mol. The minimum Gasteiger partial charge on any atom is -0.397 e. The van der Waals surface area contributed by atoms with Crippen molar-refractivity contribution in [3.05, 3.63) is 59.7 Å². The molecule has 0 amide bonds. The number of hydrogen-bond donors (Lipinski definition) is 4. The Morgan fingerprint density at radius 2 is 1.39 bits per heavy atom. The standard InChI is InChI=1S/C14H16N4/c15-11-8-4-7-10(13(11)17)14(18)12(16)9-5-2-1-3-6-9/h1-8H,15-18H2. The van der Waals surface area contributed by atoms with Crippen molar-refractivity contribution in [3.63, 3.8) is 0 Å². The molecule has 92 valence electrons. The van der Waals surface area contributed by atoms with Crippen molar-refractivity contribution >= 4 is 22.8 Å². The van der Waals surface area contributed by atoms with E-state index in [-0.39, 0.29) is 0 Å². The van der Waals surface area contributed by atoms with Crippen LogP contribution in [0.3, 0.4) is 0 Å². The summed E-state index contributed by atoms with van der Waals surface area (Å²) in [5.41, 5.74) is 27.2. The second-order valence-corrected chi connectivity index (χ2v) is 4.00. The van der Waals surface area contributed by atoms with Crippen molar-refractivity contribution in [2.24, 2.45) is 11.5 Å². The Hall–Kier alpha value is -2.62. The predicted molar refractivity (Wildman–Crippen MR) is 76.9 cm³/mol. The first kappa shape index (κ1) is 11.9. The Morgan fingerprint density at radius 1 is 0.722 bits per heavy atom. The van der Waals surface area contributed by atoms with Crippen LogP contribution in [0.15, 0.2) is 48.5 Å². The summed E-state index contributed by atoms with van der Waals surface area (Å²) in [7, 11) is 0. The molecule has 2 rings (SSSR count). The van der Waals surface area contributed by atoms with Crippen LogP contribution in [0, 0.1) is 0 Å². The minimum atomic E-state index is 0.436. The maximum absolute atomic E-state index is 6.06. The van der Waals surface area contributed by atoms with Gasteiger partial charge in [0, 0.05) is 5.56 Å². The maximum Gasteiger partial charge on any atom is 0.0649 e. The fourth-order valence-corrected chi connectivity index (χ4v) is 1.74.